The minimum atomic E-state index is -0.481. The Labute approximate surface area is 167 Å². The minimum absolute atomic E-state index is 0.0860. The van der Waals surface area contributed by atoms with Crippen molar-refractivity contribution in [2.24, 2.45) is 4.99 Å². The van der Waals surface area contributed by atoms with E-state index in [1.54, 1.807) is 25.2 Å². The Bertz CT molecular complexity index is 929. The van der Waals surface area contributed by atoms with E-state index in [0.717, 1.165) is 16.8 Å². The maximum atomic E-state index is 12.5. The second kappa shape index (κ2) is 8.15. The van der Waals surface area contributed by atoms with Crippen LogP contribution in [0.4, 0.5) is 11.4 Å². The number of hydrogen-bond donors (Lipinski definition) is 1. The smallest absolute Gasteiger partial charge is 0.242 e. The van der Waals surface area contributed by atoms with Crippen LogP contribution in [0.1, 0.15) is 17.5 Å². The molecule has 1 saturated heterocycles. The number of benzene rings is 2. The summed E-state index contributed by atoms with van der Waals surface area (Å²) < 4.78 is 0. The lowest BCUT2D eigenvalue weighted by Gasteiger charge is -2.11. The molecule has 7 heteroatoms. The number of amidine groups is 1. The molecule has 3 rings (SSSR count). The predicted molar refractivity (Wildman–Crippen MR) is 112 cm³/mol. The molecule has 5 nitrogen and oxygen atoms in total. The van der Waals surface area contributed by atoms with Gasteiger partial charge in [-0.15, -0.1) is 0 Å². The van der Waals surface area contributed by atoms with E-state index in [9.17, 15) is 9.59 Å². The van der Waals surface area contributed by atoms with Gasteiger partial charge in [0.25, 0.3) is 0 Å². The van der Waals surface area contributed by atoms with E-state index in [1.807, 2.05) is 38.1 Å². The van der Waals surface area contributed by atoms with E-state index in [4.69, 9.17) is 11.6 Å². The fourth-order valence-corrected chi connectivity index (χ4v) is 4.10. The van der Waals surface area contributed by atoms with Crippen molar-refractivity contribution < 1.29 is 9.59 Å². The number of carbonyl (C=O) groups excluding carboxylic acids is 2. The lowest BCUT2D eigenvalue weighted by atomic mass is 10.2. The minimum Gasteiger partial charge on any atom is -0.326 e. The number of amides is 2. The van der Waals surface area contributed by atoms with Crippen LogP contribution in [0.2, 0.25) is 5.02 Å². The number of carbonyl (C=O) groups is 2. The molecule has 1 heterocycles. The number of nitrogens with one attached hydrogen (secondary N) is 1. The molecule has 1 fully saturated rings. The normalized spacial score (nSPS) is 18.2. The molecule has 2 aromatic carbocycles. The molecular formula is C20H20ClN3O2S. The zero-order valence-corrected chi connectivity index (χ0v) is 16.9. The van der Waals surface area contributed by atoms with Gasteiger partial charge in [-0.2, -0.15) is 0 Å². The van der Waals surface area contributed by atoms with Crippen LogP contribution in [0.15, 0.2) is 47.5 Å². The van der Waals surface area contributed by atoms with Crippen molar-refractivity contribution in [1.29, 1.82) is 0 Å². The van der Waals surface area contributed by atoms with Crippen molar-refractivity contribution >= 4 is 51.7 Å². The molecule has 0 spiro atoms. The van der Waals surface area contributed by atoms with Gasteiger partial charge >= 0.3 is 0 Å². The summed E-state index contributed by atoms with van der Waals surface area (Å²) in [7, 11) is 1.69. The van der Waals surface area contributed by atoms with Gasteiger partial charge < -0.3 is 5.32 Å². The molecule has 2 amide bonds. The number of para-hydroxylation sites is 1. The molecule has 0 bridgehead atoms. The third kappa shape index (κ3) is 4.51. The lowest BCUT2D eigenvalue weighted by Crippen LogP contribution is -2.30. The lowest BCUT2D eigenvalue weighted by molar-refractivity contribution is -0.127. The first-order valence-electron chi connectivity index (χ1n) is 8.49. The van der Waals surface area contributed by atoms with E-state index in [2.05, 4.69) is 10.3 Å². The quantitative estimate of drug-likeness (QED) is 0.817. The van der Waals surface area contributed by atoms with E-state index in [-0.39, 0.29) is 18.2 Å². The molecule has 2 aromatic rings. The zero-order chi connectivity index (χ0) is 19.6. The summed E-state index contributed by atoms with van der Waals surface area (Å²) in [4.78, 5) is 31.0. The van der Waals surface area contributed by atoms with E-state index in [1.165, 1.54) is 16.7 Å². The molecule has 0 saturated carbocycles. The summed E-state index contributed by atoms with van der Waals surface area (Å²) in [5, 5.41) is 3.59. The van der Waals surface area contributed by atoms with Crippen molar-refractivity contribution in [2.45, 2.75) is 25.5 Å². The van der Waals surface area contributed by atoms with Gasteiger partial charge in [0.1, 0.15) is 5.25 Å². The summed E-state index contributed by atoms with van der Waals surface area (Å²) >= 11 is 7.26. The number of halogens is 1. The van der Waals surface area contributed by atoms with Crippen LogP contribution in [0.5, 0.6) is 0 Å². The molecule has 27 heavy (non-hydrogen) atoms. The first kappa shape index (κ1) is 19.5. The van der Waals surface area contributed by atoms with Gasteiger partial charge in [-0.1, -0.05) is 41.6 Å². The number of aliphatic imine (C=N–C) groups is 1. The van der Waals surface area contributed by atoms with Gasteiger partial charge in [0.15, 0.2) is 5.17 Å². The molecule has 1 N–H and O–H groups in total. The third-order valence-corrected chi connectivity index (χ3v) is 5.77. The van der Waals surface area contributed by atoms with Gasteiger partial charge in [-0.05, 0) is 49.2 Å². The van der Waals surface area contributed by atoms with Gasteiger partial charge in [-0.25, -0.2) is 4.99 Å². The fraction of sp³-hybridized carbons (Fsp3) is 0.250. The van der Waals surface area contributed by atoms with Crippen LogP contribution in [0, 0.1) is 13.8 Å². The molecule has 0 aromatic heterocycles. The van der Waals surface area contributed by atoms with E-state index in [0.29, 0.717) is 15.9 Å². The first-order chi connectivity index (χ1) is 12.8. The molecule has 0 unspecified atom stereocenters. The summed E-state index contributed by atoms with van der Waals surface area (Å²) in [5.74, 6) is -0.327. The van der Waals surface area contributed by atoms with Crippen LogP contribution < -0.4 is 5.32 Å². The molecule has 0 radical (unpaired) electrons. The Morgan fingerprint density at radius 1 is 1.22 bits per heavy atom. The van der Waals surface area contributed by atoms with Crippen LogP contribution in [0.25, 0.3) is 0 Å². The summed E-state index contributed by atoms with van der Waals surface area (Å²) in [6.07, 6.45) is 0.0860. The van der Waals surface area contributed by atoms with Gasteiger partial charge in [-0.3, -0.25) is 14.5 Å². The molecule has 140 valence electrons. The number of aryl methyl sites for hydroxylation is 2. The van der Waals surface area contributed by atoms with Crippen LogP contribution in [-0.2, 0) is 9.59 Å². The zero-order valence-electron chi connectivity index (χ0n) is 15.3. The van der Waals surface area contributed by atoms with Gasteiger partial charge in [0, 0.05) is 24.2 Å². The number of hydrogen-bond acceptors (Lipinski definition) is 4. The largest absolute Gasteiger partial charge is 0.326 e. The Kier molecular flexibility index (Phi) is 5.87. The van der Waals surface area contributed by atoms with E-state index >= 15 is 0 Å². The highest BCUT2D eigenvalue weighted by atomic mass is 35.5. The topological polar surface area (TPSA) is 61.8 Å². The monoisotopic (exact) mass is 401 g/mol. The fourth-order valence-electron chi connectivity index (χ4n) is 2.73. The number of rotatable bonds is 4. The summed E-state index contributed by atoms with van der Waals surface area (Å²) in [6.45, 7) is 3.85. The average Bonchev–Trinajstić information content (AvgIpc) is 2.87. The van der Waals surface area contributed by atoms with Crippen molar-refractivity contribution in [3.63, 3.8) is 0 Å². The van der Waals surface area contributed by atoms with Gasteiger partial charge in [0.05, 0.1) is 5.69 Å². The maximum absolute atomic E-state index is 12.5. The van der Waals surface area contributed by atoms with Crippen molar-refractivity contribution in [3.8, 4) is 0 Å². The Balaban J connectivity index is 1.70. The molecule has 1 aliphatic rings. The van der Waals surface area contributed by atoms with Crippen molar-refractivity contribution in [1.82, 2.24) is 4.90 Å². The third-order valence-electron chi connectivity index (χ3n) is 4.31. The second-order valence-electron chi connectivity index (χ2n) is 6.40. The SMILES string of the molecule is Cc1ccccc1N=C1S[C@@H](CC(=O)Nc2ccc(Cl)cc2C)C(=O)N1C. The first-order valence-corrected chi connectivity index (χ1v) is 9.75. The van der Waals surface area contributed by atoms with Crippen LogP contribution in [-0.4, -0.2) is 34.2 Å². The highest BCUT2D eigenvalue weighted by Crippen LogP contribution is 2.31. The van der Waals surface area contributed by atoms with Crippen molar-refractivity contribution in [2.75, 3.05) is 12.4 Å². The Morgan fingerprint density at radius 3 is 2.67 bits per heavy atom. The van der Waals surface area contributed by atoms with Crippen LogP contribution in [0.3, 0.4) is 0 Å². The number of anilines is 1. The number of thioether (sulfide) groups is 1. The average molecular weight is 402 g/mol. The maximum Gasteiger partial charge on any atom is 0.242 e. The van der Waals surface area contributed by atoms with Crippen LogP contribution >= 0.6 is 23.4 Å². The highest BCUT2D eigenvalue weighted by molar-refractivity contribution is 8.15. The predicted octanol–water partition coefficient (Wildman–Crippen LogP) is 4.55. The van der Waals surface area contributed by atoms with E-state index < -0.39 is 5.25 Å². The van der Waals surface area contributed by atoms with Crippen molar-refractivity contribution in [3.05, 3.63) is 58.6 Å². The molecule has 0 aliphatic carbocycles. The second-order valence-corrected chi connectivity index (χ2v) is 8.00. The standard InChI is InChI=1S/C20H20ClN3O2S/c1-12-6-4-5-7-15(12)23-20-24(3)19(26)17(27-20)11-18(25)22-16-9-8-14(21)10-13(16)2/h4-10,17H,11H2,1-3H3,(H,22,25)/t17-/m0/s1. The molecule has 1 aliphatic heterocycles. The summed E-state index contributed by atoms with van der Waals surface area (Å²) in [6, 6.07) is 13.0. The molecular weight excluding hydrogens is 382 g/mol. The number of nitrogens with zero attached hydrogens (tertiary/aromatic N) is 2. The summed E-state index contributed by atoms with van der Waals surface area (Å²) in [5.41, 5.74) is 3.43. The highest BCUT2D eigenvalue weighted by Gasteiger charge is 2.37. The Hall–Kier alpha value is -2.31. The molecule has 1 atom stereocenters. The van der Waals surface area contributed by atoms with Gasteiger partial charge in [0.2, 0.25) is 11.8 Å². The Morgan fingerprint density at radius 2 is 1.96 bits per heavy atom.